The van der Waals surface area contributed by atoms with Crippen molar-refractivity contribution in [2.24, 2.45) is 5.41 Å². The van der Waals surface area contributed by atoms with Crippen molar-refractivity contribution in [1.82, 2.24) is 10.2 Å². The van der Waals surface area contributed by atoms with Gasteiger partial charge in [-0.15, -0.1) is 5.10 Å². The highest BCUT2D eigenvalue weighted by molar-refractivity contribution is 5.92. The van der Waals surface area contributed by atoms with Gasteiger partial charge in [0.1, 0.15) is 11.6 Å². The summed E-state index contributed by atoms with van der Waals surface area (Å²) in [5.41, 5.74) is -0.661. The third-order valence-electron chi connectivity index (χ3n) is 2.49. The summed E-state index contributed by atoms with van der Waals surface area (Å²) in [7, 11) is 0. The van der Waals surface area contributed by atoms with E-state index in [1.807, 2.05) is 0 Å². The number of rotatable bonds is 2. The third-order valence-corrected chi connectivity index (χ3v) is 2.49. The Kier molecular flexibility index (Phi) is 3.52. The fraction of sp³-hybridized carbons (Fsp3) is 0.308. The first-order valence-electron chi connectivity index (χ1n) is 5.88. The van der Waals surface area contributed by atoms with Gasteiger partial charge < -0.3 is 4.42 Å². The van der Waals surface area contributed by atoms with E-state index in [0.717, 1.165) is 6.07 Å². The van der Waals surface area contributed by atoms with E-state index in [1.165, 1.54) is 6.07 Å². The standard InChI is InChI=1S/C13H13F2N3O2/c1-13(2,3)11(19)16-12-18-17-10(20-12)8-5-4-7(14)6-9(8)15/h4-6H,1-3H3,(H,16,18,19). The molecule has 1 aromatic heterocycles. The van der Waals surface area contributed by atoms with E-state index >= 15 is 0 Å². The maximum atomic E-state index is 13.5. The molecule has 106 valence electrons. The van der Waals surface area contributed by atoms with Crippen LogP contribution < -0.4 is 5.32 Å². The Balaban J connectivity index is 2.23. The largest absolute Gasteiger partial charge is 0.403 e. The number of carbonyl (C=O) groups is 1. The van der Waals surface area contributed by atoms with Crippen LogP contribution in [-0.2, 0) is 4.79 Å². The molecule has 7 heteroatoms. The van der Waals surface area contributed by atoms with Crippen molar-refractivity contribution in [2.45, 2.75) is 20.8 Å². The zero-order chi connectivity index (χ0) is 14.9. The fourth-order valence-electron chi connectivity index (χ4n) is 1.33. The molecular formula is C13H13F2N3O2. The molecule has 1 N–H and O–H groups in total. The van der Waals surface area contributed by atoms with E-state index < -0.39 is 17.0 Å². The minimum atomic E-state index is -0.817. The van der Waals surface area contributed by atoms with Crippen LogP contribution in [0.1, 0.15) is 20.8 Å². The average molecular weight is 281 g/mol. The van der Waals surface area contributed by atoms with Gasteiger partial charge in [-0.1, -0.05) is 25.9 Å². The summed E-state index contributed by atoms with van der Waals surface area (Å²) < 4.78 is 31.5. The lowest BCUT2D eigenvalue weighted by Gasteiger charge is -2.15. The van der Waals surface area contributed by atoms with Gasteiger partial charge >= 0.3 is 6.01 Å². The number of nitrogens with zero attached hydrogens (tertiary/aromatic N) is 2. The maximum Gasteiger partial charge on any atom is 0.322 e. The van der Waals surface area contributed by atoms with Crippen LogP contribution in [0.15, 0.2) is 22.6 Å². The van der Waals surface area contributed by atoms with Crippen LogP contribution in [0.4, 0.5) is 14.8 Å². The molecular weight excluding hydrogens is 268 g/mol. The van der Waals surface area contributed by atoms with Gasteiger partial charge in [0.25, 0.3) is 5.89 Å². The van der Waals surface area contributed by atoms with Crippen LogP contribution in [0, 0.1) is 17.0 Å². The molecule has 0 saturated carbocycles. The Hall–Kier alpha value is -2.31. The molecule has 0 aliphatic heterocycles. The normalized spacial score (nSPS) is 11.4. The number of nitrogens with one attached hydrogen (secondary N) is 1. The summed E-state index contributed by atoms with van der Waals surface area (Å²) in [6, 6.07) is 2.85. The molecule has 2 rings (SSSR count). The van der Waals surface area contributed by atoms with Crippen molar-refractivity contribution in [1.29, 1.82) is 0 Å². The predicted octanol–water partition coefficient (Wildman–Crippen LogP) is 3.00. The van der Waals surface area contributed by atoms with Crippen LogP contribution in [0.2, 0.25) is 0 Å². The highest BCUT2D eigenvalue weighted by Gasteiger charge is 2.23. The Morgan fingerprint density at radius 3 is 2.55 bits per heavy atom. The number of halogens is 2. The minimum Gasteiger partial charge on any atom is -0.403 e. The van der Waals surface area contributed by atoms with Gasteiger partial charge in [-0.05, 0) is 12.1 Å². The van der Waals surface area contributed by atoms with Crippen molar-refractivity contribution in [3.63, 3.8) is 0 Å². The van der Waals surface area contributed by atoms with Crippen LogP contribution in [0.3, 0.4) is 0 Å². The van der Waals surface area contributed by atoms with Crippen LogP contribution in [0.5, 0.6) is 0 Å². The lowest BCUT2D eigenvalue weighted by atomic mass is 9.96. The molecule has 0 aliphatic rings. The summed E-state index contributed by atoms with van der Waals surface area (Å²) in [6.45, 7) is 5.16. The van der Waals surface area contributed by atoms with Crippen LogP contribution in [-0.4, -0.2) is 16.1 Å². The van der Waals surface area contributed by atoms with Gasteiger partial charge in [0, 0.05) is 11.5 Å². The van der Waals surface area contributed by atoms with Gasteiger partial charge in [0.05, 0.1) is 5.56 Å². The molecule has 0 atom stereocenters. The molecule has 5 nitrogen and oxygen atoms in total. The summed E-state index contributed by atoms with van der Waals surface area (Å²) in [6.07, 6.45) is 0. The maximum absolute atomic E-state index is 13.5. The van der Waals surface area contributed by atoms with Crippen molar-refractivity contribution in [3.8, 4) is 11.5 Å². The Morgan fingerprint density at radius 2 is 1.95 bits per heavy atom. The number of aromatic nitrogens is 2. The third kappa shape index (κ3) is 2.98. The number of hydrogen-bond donors (Lipinski definition) is 1. The van der Waals surface area contributed by atoms with Gasteiger partial charge in [-0.3, -0.25) is 10.1 Å². The quantitative estimate of drug-likeness (QED) is 0.918. The highest BCUT2D eigenvalue weighted by atomic mass is 19.1. The second-order valence-corrected chi connectivity index (χ2v) is 5.24. The van der Waals surface area contributed by atoms with Crippen LogP contribution >= 0.6 is 0 Å². The Labute approximate surface area is 114 Å². The summed E-state index contributed by atoms with van der Waals surface area (Å²) in [4.78, 5) is 11.7. The summed E-state index contributed by atoms with van der Waals surface area (Å²) in [5, 5.41) is 9.65. The molecule has 0 saturated heterocycles. The molecule has 0 bridgehead atoms. The molecule has 0 fully saturated rings. The monoisotopic (exact) mass is 281 g/mol. The lowest BCUT2D eigenvalue weighted by molar-refractivity contribution is -0.123. The van der Waals surface area contributed by atoms with Crippen molar-refractivity contribution < 1.29 is 18.0 Å². The molecule has 0 spiro atoms. The van der Waals surface area contributed by atoms with E-state index in [1.54, 1.807) is 20.8 Å². The van der Waals surface area contributed by atoms with E-state index in [9.17, 15) is 13.6 Å². The zero-order valence-electron chi connectivity index (χ0n) is 11.2. The van der Waals surface area contributed by atoms with Crippen molar-refractivity contribution in [2.75, 3.05) is 5.32 Å². The topological polar surface area (TPSA) is 68.0 Å². The van der Waals surface area contributed by atoms with E-state index in [-0.39, 0.29) is 23.4 Å². The SMILES string of the molecule is CC(C)(C)C(=O)Nc1nnc(-c2ccc(F)cc2F)o1. The lowest BCUT2D eigenvalue weighted by Crippen LogP contribution is -2.27. The van der Waals surface area contributed by atoms with E-state index in [0.29, 0.717) is 6.07 Å². The van der Waals surface area contributed by atoms with Gasteiger partial charge in [0.2, 0.25) is 5.91 Å². The van der Waals surface area contributed by atoms with Crippen molar-refractivity contribution >= 4 is 11.9 Å². The smallest absolute Gasteiger partial charge is 0.322 e. The van der Waals surface area contributed by atoms with E-state index in [2.05, 4.69) is 15.5 Å². The molecule has 2 aromatic rings. The number of amides is 1. The first-order valence-corrected chi connectivity index (χ1v) is 5.88. The van der Waals surface area contributed by atoms with Gasteiger partial charge in [0.15, 0.2) is 0 Å². The fourth-order valence-corrected chi connectivity index (χ4v) is 1.33. The zero-order valence-corrected chi connectivity index (χ0v) is 11.2. The highest BCUT2D eigenvalue weighted by Crippen LogP contribution is 2.24. The van der Waals surface area contributed by atoms with Gasteiger partial charge in [-0.2, -0.15) is 0 Å². The molecule has 0 radical (unpaired) electrons. The number of anilines is 1. The molecule has 20 heavy (non-hydrogen) atoms. The predicted molar refractivity (Wildman–Crippen MR) is 67.7 cm³/mol. The number of carbonyl (C=O) groups excluding carboxylic acids is 1. The molecule has 0 aliphatic carbocycles. The second-order valence-electron chi connectivity index (χ2n) is 5.24. The first-order chi connectivity index (χ1) is 9.27. The number of benzene rings is 1. The van der Waals surface area contributed by atoms with Crippen molar-refractivity contribution in [3.05, 3.63) is 29.8 Å². The number of hydrogen-bond acceptors (Lipinski definition) is 4. The molecule has 1 aromatic carbocycles. The molecule has 1 heterocycles. The minimum absolute atomic E-state index is 0.0323. The Morgan fingerprint density at radius 1 is 1.25 bits per heavy atom. The van der Waals surface area contributed by atoms with Gasteiger partial charge in [-0.25, -0.2) is 8.78 Å². The first kappa shape index (κ1) is 14.1. The molecule has 0 unspecified atom stereocenters. The average Bonchev–Trinajstić information content (AvgIpc) is 2.76. The second kappa shape index (κ2) is 4.99. The summed E-state index contributed by atoms with van der Waals surface area (Å²) in [5.74, 6) is -1.96. The molecule has 1 amide bonds. The summed E-state index contributed by atoms with van der Waals surface area (Å²) >= 11 is 0. The van der Waals surface area contributed by atoms with E-state index in [4.69, 9.17) is 4.42 Å². The van der Waals surface area contributed by atoms with Crippen LogP contribution in [0.25, 0.3) is 11.5 Å². The Bertz CT molecular complexity index is 647.